The molecule has 5 heterocycles. The Hall–Kier alpha value is -3.31. The monoisotopic (exact) mass is 1030 g/mol. The van der Waals surface area contributed by atoms with Crippen molar-refractivity contribution >= 4 is 16.9 Å². The van der Waals surface area contributed by atoms with E-state index in [1.807, 2.05) is 69.7 Å². The molecule has 6 rings (SSSR count). The van der Waals surface area contributed by atoms with Crippen molar-refractivity contribution in [3.05, 3.63) is 42.4 Å². The maximum atomic E-state index is 14.6. The van der Waals surface area contributed by atoms with E-state index >= 15 is 0 Å². The summed E-state index contributed by atoms with van der Waals surface area (Å²) in [6, 6.07) is 7.20. The Labute approximate surface area is 433 Å². The molecular formula is C54H90N6O13. The number of benzene rings is 1. The number of methoxy groups -OCH3 is 2. The van der Waals surface area contributed by atoms with Gasteiger partial charge in [0.15, 0.2) is 12.6 Å². The fraction of sp³-hybridized carbons (Fsp3) is 0.796. The van der Waals surface area contributed by atoms with E-state index in [0.717, 1.165) is 41.7 Å². The lowest BCUT2D eigenvalue weighted by Gasteiger charge is -2.48. The van der Waals surface area contributed by atoms with E-state index in [4.69, 9.17) is 33.2 Å². The van der Waals surface area contributed by atoms with Crippen LogP contribution in [0.25, 0.3) is 10.9 Å². The highest BCUT2D eigenvalue weighted by molar-refractivity contribution is 5.81. The summed E-state index contributed by atoms with van der Waals surface area (Å²) < 4.78 is 47.7. The Kier molecular flexibility index (Phi) is 20.0. The minimum Gasteiger partial charge on any atom is -0.497 e. The summed E-state index contributed by atoms with van der Waals surface area (Å²) >= 11 is 0. The number of rotatable bonds is 16. The lowest BCUT2D eigenvalue weighted by atomic mass is 9.77. The molecule has 73 heavy (non-hydrogen) atoms. The van der Waals surface area contributed by atoms with Crippen LogP contribution in [-0.2, 0) is 52.7 Å². The molecule has 19 heteroatoms. The predicted molar refractivity (Wildman–Crippen MR) is 275 cm³/mol. The molecule has 19 nitrogen and oxygen atoms in total. The van der Waals surface area contributed by atoms with Crippen molar-refractivity contribution in [1.29, 1.82) is 0 Å². The zero-order valence-electron chi connectivity index (χ0n) is 46.1. The van der Waals surface area contributed by atoms with Gasteiger partial charge in [0.25, 0.3) is 0 Å². The summed E-state index contributed by atoms with van der Waals surface area (Å²) in [4.78, 5) is 18.7. The standard InChI is InChI=1S/C54H90N6O13/c1-15-43-54(10,66)47(62)36(6)59(22-17-16-18-39-31-60(56-55-39)25-24-58-23-21-38-27-40(67-13)19-20-41(38)58)30-32(2)28-52(8,65)49(73-51-45(61)42(57(11)12)26-33(3)69-51)34(4)46(35(5)50(64)71-43)72-44-29-53(9,68-14)48(63)37(7)70-44/h19-21,23,27,31-37,42-49,51,61-63,65-66H,15-18,22,24-26,28-30H2,1-14H3/t32-,33-,34+,35-,36-,37+,42+,43-,44+,45-,46+,47-,48+,49-,51+,52-,53-,54-/m1/s1. The van der Waals surface area contributed by atoms with E-state index in [9.17, 15) is 30.3 Å². The molecule has 0 bridgehead atoms. The van der Waals surface area contributed by atoms with Gasteiger partial charge in [-0.2, -0.15) is 0 Å². The Morgan fingerprint density at radius 1 is 0.904 bits per heavy atom. The Morgan fingerprint density at radius 3 is 2.30 bits per heavy atom. The summed E-state index contributed by atoms with van der Waals surface area (Å²) in [7, 11) is 6.96. The second-order valence-electron chi connectivity index (χ2n) is 22.6. The van der Waals surface area contributed by atoms with Crippen LogP contribution in [0.15, 0.2) is 36.7 Å². The van der Waals surface area contributed by atoms with Crippen LogP contribution in [0, 0.1) is 17.8 Å². The number of esters is 1. The summed E-state index contributed by atoms with van der Waals surface area (Å²) in [6.07, 6.45) is -2.50. The highest BCUT2D eigenvalue weighted by Crippen LogP contribution is 2.40. The van der Waals surface area contributed by atoms with Gasteiger partial charge in [0.1, 0.15) is 35.8 Å². The number of nitrogens with zero attached hydrogens (tertiary/aromatic N) is 6. The number of cyclic esters (lactones) is 1. The maximum absolute atomic E-state index is 14.6. The molecule has 0 aliphatic carbocycles. The van der Waals surface area contributed by atoms with Crippen molar-refractivity contribution in [2.24, 2.45) is 17.8 Å². The molecule has 5 N–H and O–H groups in total. The Balaban J connectivity index is 1.26. The largest absolute Gasteiger partial charge is 0.497 e. The molecule has 0 saturated carbocycles. The smallest absolute Gasteiger partial charge is 0.311 e. The zero-order chi connectivity index (χ0) is 53.7. The number of hydrogen-bond acceptors (Lipinski definition) is 17. The second kappa shape index (κ2) is 24.8. The molecule has 1 aromatic carbocycles. The molecule has 414 valence electrons. The quantitative estimate of drug-likeness (QED) is 0.0981. The Morgan fingerprint density at radius 2 is 1.63 bits per heavy atom. The van der Waals surface area contributed by atoms with E-state index in [1.54, 1.807) is 41.7 Å². The van der Waals surface area contributed by atoms with Gasteiger partial charge in [-0.25, -0.2) is 0 Å². The zero-order valence-corrected chi connectivity index (χ0v) is 46.1. The molecule has 3 saturated heterocycles. The number of aromatic nitrogens is 4. The molecule has 0 radical (unpaired) electrons. The van der Waals surface area contributed by atoms with Gasteiger partial charge in [0, 0.05) is 67.9 Å². The number of aryl methyl sites for hydroxylation is 3. The molecule has 0 amide bonds. The van der Waals surface area contributed by atoms with E-state index in [0.29, 0.717) is 32.5 Å². The van der Waals surface area contributed by atoms with E-state index in [2.05, 4.69) is 38.1 Å². The number of aliphatic hydroxyl groups is 5. The average molecular weight is 1030 g/mol. The normalized spacial score (nSPS) is 38.8. The van der Waals surface area contributed by atoms with E-state index in [-0.39, 0.29) is 37.3 Å². The van der Waals surface area contributed by atoms with Crippen molar-refractivity contribution in [3.8, 4) is 5.75 Å². The number of likely N-dealkylation sites (N-methyl/N-ethyl adjacent to an activating group) is 1. The second-order valence-corrected chi connectivity index (χ2v) is 22.6. The van der Waals surface area contributed by atoms with E-state index < -0.39 is 96.0 Å². The first-order valence-electron chi connectivity index (χ1n) is 26.6. The summed E-state index contributed by atoms with van der Waals surface area (Å²) in [6.45, 7) is 20.2. The van der Waals surface area contributed by atoms with Gasteiger partial charge < -0.3 is 68.2 Å². The molecule has 3 fully saturated rings. The summed E-state index contributed by atoms with van der Waals surface area (Å²) in [5.74, 6) is -1.94. The van der Waals surface area contributed by atoms with Gasteiger partial charge >= 0.3 is 5.97 Å². The SMILES string of the molecule is CC[C@H]1OC(=O)[C@H](C)[C@@H](O[C@H]2C[C@@](C)(OC)[C@@H](O)[C@H](C)O2)[C@H](C)[C@@H](O[C@@H]2O[C@H](C)C[C@H](N(C)C)[C@H]2O)[C@](C)(O)C[C@@H](C)CN(CCCCc2cn(CCn3ccc4cc(OC)ccc43)nn2)[C@H](C)[C@@H](O)[C@]1(C)O. The minimum absolute atomic E-state index is 0.112. The third-order valence-corrected chi connectivity index (χ3v) is 16.3. The van der Waals surface area contributed by atoms with E-state index in [1.165, 1.54) is 14.0 Å². The molecular weight excluding hydrogens is 941 g/mol. The van der Waals surface area contributed by atoms with Gasteiger partial charge in [-0.15, -0.1) is 5.10 Å². The Bertz CT molecular complexity index is 2210. The van der Waals surface area contributed by atoms with Gasteiger partial charge in [-0.1, -0.05) is 26.0 Å². The minimum atomic E-state index is -1.88. The van der Waals surface area contributed by atoms with Gasteiger partial charge in [0.05, 0.1) is 60.9 Å². The fourth-order valence-corrected chi connectivity index (χ4v) is 11.8. The summed E-state index contributed by atoms with van der Waals surface area (Å²) in [5.41, 5.74) is -2.57. The molecule has 3 aromatic rings. The molecule has 3 aliphatic heterocycles. The van der Waals surface area contributed by atoms with Gasteiger partial charge in [-0.3, -0.25) is 14.4 Å². The third-order valence-electron chi connectivity index (χ3n) is 16.3. The number of aliphatic hydroxyl groups excluding tert-OH is 3. The predicted octanol–water partition coefficient (Wildman–Crippen LogP) is 4.55. The van der Waals surface area contributed by atoms with Crippen LogP contribution in [0.4, 0.5) is 0 Å². The highest BCUT2D eigenvalue weighted by Gasteiger charge is 2.53. The maximum Gasteiger partial charge on any atom is 0.311 e. The molecule has 3 aliphatic rings. The van der Waals surface area contributed by atoms with Crippen LogP contribution < -0.4 is 4.74 Å². The van der Waals surface area contributed by atoms with Crippen LogP contribution in [-0.4, -0.2) is 193 Å². The first-order valence-corrected chi connectivity index (χ1v) is 26.6. The number of carbonyl (C=O) groups excluding carboxylic acids is 1. The van der Waals surface area contributed by atoms with Gasteiger partial charge in [0.2, 0.25) is 0 Å². The first-order chi connectivity index (χ1) is 34.3. The van der Waals surface area contributed by atoms with Crippen LogP contribution in [0.2, 0.25) is 0 Å². The lowest BCUT2D eigenvalue weighted by Crippen LogP contribution is -2.60. The lowest BCUT2D eigenvalue weighted by molar-refractivity contribution is -0.318. The van der Waals surface area contributed by atoms with Crippen molar-refractivity contribution in [1.82, 2.24) is 29.4 Å². The van der Waals surface area contributed by atoms with Crippen LogP contribution >= 0.6 is 0 Å². The van der Waals surface area contributed by atoms with Gasteiger partial charge in [-0.05, 0) is 138 Å². The van der Waals surface area contributed by atoms with Crippen molar-refractivity contribution in [3.63, 3.8) is 0 Å². The summed E-state index contributed by atoms with van der Waals surface area (Å²) in [5, 5.41) is 70.3. The van der Waals surface area contributed by atoms with Crippen molar-refractivity contribution in [2.45, 2.75) is 218 Å². The number of ether oxygens (including phenoxy) is 7. The number of carbonyl (C=O) groups is 1. The van der Waals surface area contributed by atoms with Crippen LogP contribution in [0.5, 0.6) is 5.75 Å². The van der Waals surface area contributed by atoms with Crippen LogP contribution in [0.3, 0.4) is 0 Å². The first kappa shape index (κ1) is 58.9. The fourth-order valence-electron chi connectivity index (χ4n) is 11.8. The van der Waals surface area contributed by atoms with Crippen molar-refractivity contribution in [2.75, 3.05) is 41.4 Å². The molecule has 0 unspecified atom stereocenters. The molecule has 2 aromatic heterocycles. The van der Waals surface area contributed by atoms with Crippen molar-refractivity contribution < 1.29 is 63.5 Å². The number of fused-ring (bicyclic) bond motifs is 1. The third kappa shape index (κ3) is 13.8. The number of hydrogen-bond donors (Lipinski definition) is 5. The molecule has 0 spiro atoms. The highest BCUT2D eigenvalue weighted by atomic mass is 16.7. The topological polar surface area (TPSA) is 225 Å². The van der Waals surface area contributed by atoms with Crippen LogP contribution in [0.1, 0.15) is 113 Å². The number of unbranched alkanes of at least 4 members (excludes halogenated alkanes) is 1. The average Bonchev–Trinajstić information content (AvgIpc) is 3.98. The molecule has 18 atom stereocenters.